The minimum Gasteiger partial charge on any atom is -0.339 e. The van der Waals surface area contributed by atoms with Gasteiger partial charge in [-0.1, -0.05) is 0 Å². The van der Waals surface area contributed by atoms with Gasteiger partial charge < -0.3 is 20.0 Å². The summed E-state index contributed by atoms with van der Waals surface area (Å²) in [5.41, 5.74) is 1.13. The molecule has 0 saturated carbocycles. The van der Waals surface area contributed by atoms with E-state index in [1.165, 1.54) is 9.78 Å². The van der Waals surface area contributed by atoms with Crippen LogP contribution in [0.25, 0.3) is 0 Å². The highest BCUT2D eigenvalue weighted by Gasteiger charge is 2.35. The monoisotopic (exact) mass is 418 g/mol. The van der Waals surface area contributed by atoms with E-state index in [1.54, 1.807) is 16.2 Å². The Bertz CT molecular complexity index is 744. The van der Waals surface area contributed by atoms with Crippen molar-refractivity contribution in [1.29, 1.82) is 0 Å². The van der Waals surface area contributed by atoms with Crippen LogP contribution in [-0.4, -0.2) is 78.0 Å². The first-order valence-electron chi connectivity index (χ1n) is 8.93. The van der Waals surface area contributed by atoms with Crippen LogP contribution in [0.15, 0.2) is 11.4 Å². The van der Waals surface area contributed by atoms with Crippen molar-refractivity contribution in [3.8, 4) is 0 Å². The second-order valence-corrected chi connectivity index (χ2v) is 7.75. The molecule has 3 heterocycles. The summed E-state index contributed by atoms with van der Waals surface area (Å²) < 4.78 is 36.9. The predicted molar refractivity (Wildman–Crippen MR) is 95.7 cm³/mol. The summed E-state index contributed by atoms with van der Waals surface area (Å²) in [6.07, 6.45) is -5.22. The van der Waals surface area contributed by atoms with E-state index in [2.05, 4.69) is 5.32 Å². The third kappa shape index (κ3) is 5.15. The molecular formula is C17H21F3N4O3S. The zero-order valence-electron chi connectivity index (χ0n) is 15.1. The number of nitrogens with zero attached hydrogens (tertiary/aromatic N) is 3. The minimum absolute atomic E-state index is 0.0450. The molecule has 154 valence electrons. The zero-order valence-corrected chi connectivity index (χ0v) is 15.9. The van der Waals surface area contributed by atoms with Crippen molar-refractivity contribution in [2.45, 2.75) is 25.6 Å². The molecular weight excluding hydrogens is 397 g/mol. The van der Waals surface area contributed by atoms with E-state index in [0.717, 1.165) is 16.9 Å². The Hall–Kier alpha value is -2.30. The number of halogens is 3. The third-order valence-corrected chi connectivity index (χ3v) is 5.85. The van der Waals surface area contributed by atoms with Gasteiger partial charge >= 0.3 is 12.2 Å². The lowest BCUT2D eigenvalue weighted by Crippen LogP contribution is -2.54. The van der Waals surface area contributed by atoms with Crippen LogP contribution < -0.4 is 5.32 Å². The van der Waals surface area contributed by atoms with E-state index < -0.39 is 24.5 Å². The SMILES string of the molecule is O=C(CC(F)(F)F)N1CCN(C(=O)NCC(=O)N2CCc3sccc3C2)CC1. The molecule has 7 nitrogen and oxygen atoms in total. The highest BCUT2D eigenvalue weighted by atomic mass is 32.1. The van der Waals surface area contributed by atoms with Crippen LogP contribution in [0.2, 0.25) is 0 Å². The summed E-state index contributed by atoms with van der Waals surface area (Å²) in [4.78, 5) is 41.6. The van der Waals surface area contributed by atoms with Gasteiger partial charge in [-0.25, -0.2) is 4.79 Å². The predicted octanol–water partition coefficient (Wildman–Crippen LogP) is 1.44. The van der Waals surface area contributed by atoms with Crippen molar-refractivity contribution >= 4 is 29.2 Å². The van der Waals surface area contributed by atoms with Gasteiger partial charge in [0.05, 0.1) is 6.54 Å². The molecule has 0 spiro atoms. The second kappa shape index (κ2) is 8.38. The maximum atomic E-state index is 12.3. The molecule has 0 aliphatic carbocycles. The summed E-state index contributed by atoms with van der Waals surface area (Å²) >= 11 is 1.68. The van der Waals surface area contributed by atoms with E-state index in [0.29, 0.717) is 13.1 Å². The van der Waals surface area contributed by atoms with Crippen molar-refractivity contribution in [2.24, 2.45) is 0 Å². The van der Waals surface area contributed by atoms with Crippen molar-refractivity contribution in [2.75, 3.05) is 39.3 Å². The third-order valence-electron chi connectivity index (χ3n) is 4.82. The normalized spacial score (nSPS) is 17.3. The summed E-state index contributed by atoms with van der Waals surface area (Å²) in [7, 11) is 0. The lowest BCUT2D eigenvalue weighted by Gasteiger charge is -2.35. The highest BCUT2D eigenvalue weighted by molar-refractivity contribution is 7.10. The fourth-order valence-corrected chi connectivity index (χ4v) is 4.17. The van der Waals surface area contributed by atoms with Gasteiger partial charge in [0.2, 0.25) is 11.8 Å². The van der Waals surface area contributed by atoms with E-state index >= 15 is 0 Å². The largest absolute Gasteiger partial charge is 0.397 e. The molecule has 2 aliphatic heterocycles. The number of nitrogens with one attached hydrogen (secondary N) is 1. The Morgan fingerprint density at radius 1 is 1.00 bits per heavy atom. The quantitative estimate of drug-likeness (QED) is 0.808. The Balaban J connectivity index is 1.40. The van der Waals surface area contributed by atoms with Gasteiger partial charge in [-0.05, 0) is 23.4 Å². The molecule has 2 aliphatic rings. The molecule has 1 aromatic rings. The molecule has 1 fully saturated rings. The highest BCUT2D eigenvalue weighted by Crippen LogP contribution is 2.24. The Labute approximate surface area is 164 Å². The first-order valence-corrected chi connectivity index (χ1v) is 9.81. The van der Waals surface area contributed by atoms with Crippen LogP contribution >= 0.6 is 11.3 Å². The molecule has 28 heavy (non-hydrogen) atoms. The molecule has 0 atom stereocenters. The van der Waals surface area contributed by atoms with Gasteiger partial charge in [0.15, 0.2) is 0 Å². The first kappa shape index (κ1) is 20.4. The van der Waals surface area contributed by atoms with Gasteiger partial charge in [0.1, 0.15) is 6.42 Å². The average Bonchev–Trinajstić information content (AvgIpc) is 3.12. The van der Waals surface area contributed by atoms with Crippen LogP contribution in [0.4, 0.5) is 18.0 Å². The number of hydrogen-bond donors (Lipinski definition) is 1. The number of amides is 4. The summed E-state index contributed by atoms with van der Waals surface area (Å²) in [5.74, 6) is -1.16. The van der Waals surface area contributed by atoms with Gasteiger partial charge in [0.25, 0.3) is 0 Å². The summed E-state index contributed by atoms with van der Waals surface area (Å²) in [6, 6.07) is 1.54. The van der Waals surface area contributed by atoms with Crippen LogP contribution in [0.3, 0.4) is 0 Å². The summed E-state index contributed by atoms with van der Waals surface area (Å²) in [5, 5.41) is 4.56. The van der Waals surface area contributed by atoms with Crippen LogP contribution in [-0.2, 0) is 22.6 Å². The number of carbonyl (C=O) groups excluding carboxylic acids is 3. The minimum atomic E-state index is -4.54. The lowest BCUT2D eigenvalue weighted by molar-refractivity contribution is -0.162. The van der Waals surface area contributed by atoms with Crippen LogP contribution in [0.5, 0.6) is 0 Å². The number of rotatable bonds is 3. The number of urea groups is 1. The first-order chi connectivity index (χ1) is 13.2. The molecule has 11 heteroatoms. The van der Waals surface area contributed by atoms with E-state index in [1.807, 2.05) is 11.4 Å². The molecule has 0 unspecified atom stereocenters. The van der Waals surface area contributed by atoms with Crippen molar-refractivity contribution in [1.82, 2.24) is 20.0 Å². The Kier molecular flexibility index (Phi) is 6.11. The Morgan fingerprint density at radius 2 is 1.68 bits per heavy atom. The molecule has 3 rings (SSSR count). The van der Waals surface area contributed by atoms with Gasteiger partial charge in [-0.2, -0.15) is 13.2 Å². The molecule has 1 N–H and O–H groups in total. The maximum Gasteiger partial charge on any atom is 0.397 e. The number of fused-ring (bicyclic) bond motifs is 1. The second-order valence-electron chi connectivity index (χ2n) is 6.75. The van der Waals surface area contributed by atoms with Crippen LogP contribution in [0.1, 0.15) is 16.9 Å². The lowest BCUT2D eigenvalue weighted by atomic mass is 10.1. The summed E-state index contributed by atoms with van der Waals surface area (Å²) in [6.45, 7) is 1.37. The van der Waals surface area contributed by atoms with Crippen molar-refractivity contribution < 1.29 is 27.6 Å². The molecule has 1 saturated heterocycles. The molecule has 0 radical (unpaired) electrons. The molecule has 4 amide bonds. The smallest absolute Gasteiger partial charge is 0.339 e. The van der Waals surface area contributed by atoms with E-state index in [9.17, 15) is 27.6 Å². The zero-order chi connectivity index (χ0) is 20.3. The molecule has 0 aromatic carbocycles. The van der Waals surface area contributed by atoms with Gasteiger partial charge in [-0.15, -0.1) is 11.3 Å². The topological polar surface area (TPSA) is 73.0 Å². The number of alkyl halides is 3. The van der Waals surface area contributed by atoms with Crippen molar-refractivity contribution in [3.63, 3.8) is 0 Å². The number of piperazine rings is 1. The standard InChI is InChI=1S/C17H21F3N4O3S/c18-17(19,20)9-14(25)22-4-6-23(7-5-22)16(27)21-10-15(26)24-3-1-13-12(11-24)2-8-28-13/h2,8H,1,3-7,9-11H2,(H,21,27). The fourth-order valence-electron chi connectivity index (χ4n) is 3.28. The van der Waals surface area contributed by atoms with Gasteiger partial charge in [-0.3, -0.25) is 9.59 Å². The van der Waals surface area contributed by atoms with E-state index in [-0.39, 0.29) is 38.6 Å². The number of thiophene rings is 1. The van der Waals surface area contributed by atoms with E-state index in [4.69, 9.17) is 0 Å². The molecule has 0 bridgehead atoms. The Morgan fingerprint density at radius 3 is 2.36 bits per heavy atom. The number of hydrogen-bond acceptors (Lipinski definition) is 4. The average molecular weight is 418 g/mol. The van der Waals surface area contributed by atoms with Crippen LogP contribution in [0, 0.1) is 0 Å². The van der Waals surface area contributed by atoms with Crippen molar-refractivity contribution in [3.05, 3.63) is 21.9 Å². The maximum absolute atomic E-state index is 12.3. The molecule has 1 aromatic heterocycles. The van der Waals surface area contributed by atoms with Gasteiger partial charge in [0, 0.05) is 44.1 Å². The number of carbonyl (C=O) groups is 3. The fraction of sp³-hybridized carbons (Fsp3) is 0.588.